The fraction of sp³-hybridized carbons (Fsp3) is 0.120. The first-order chi connectivity index (χ1) is 14.2. The molecular weight excluding hydrogens is 358 g/mol. The van der Waals surface area contributed by atoms with Crippen molar-refractivity contribution in [1.29, 1.82) is 0 Å². The van der Waals surface area contributed by atoms with Gasteiger partial charge in [0.15, 0.2) is 0 Å². The van der Waals surface area contributed by atoms with Crippen LogP contribution in [0.4, 0.5) is 5.69 Å². The molecule has 0 atom stereocenters. The van der Waals surface area contributed by atoms with E-state index in [9.17, 15) is 4.79 Å². The number of aliphatic imine (C=N–C) groups is 1. The quantitative estimate of drug-likeness (QED) is 0.631. The predicted octanol–water partition coefficient (Wildman–Crippen LogP) is 4.13. The van der Waals surface area contributed by atoms with Crippen molar-refractivity contribution in [2.75, 3.05) is 18.8 Å². The number of benzene rings is 3. The van der Waals surface area contributed by atoms with Gasteiger partial charge in [-0.2, -0.15) is 0 Å². The SMILES string of the molecule is Nc1cccc(CCNC(=O)c2ccccc2C2=NCC(c3ccccc3)=C2)c1. The lowest BCUT2D eigenvalue weighted by Gasteiger charge is -2.10. The first-order valence-corrected chi connectivity index (χ1v) is 9.73. The molecule has 144 valence electrons. The van der Waals surface area contributed by atoms with E-state index in [2.05, 4.69) is 28.5 Å². The Morgan fingerprint density at radius 3 is 2.59 bits per heavy atom. The number of carbonyl (C=O) groups is 1. The summed E-state index contributed by atoms with van der Waals surface area (Å²) in [6.07, 6.45) is 2.81. The topological polar surface area (TPSA) is 67.5 Å². The van der Waals surface area contributed by atoms with Gasteiger partial charge in [-0.05, 0) is 47.4 Å². The third kappa shape index (κ3) is 4.43. The third-order valence-electron chi connectivity index (χ3n) is 4.97. The second-order valence-corrected chi connectivity index (χ2v) is 7.03. The number of hydrogen-bond donors (Lipinski definition) is 2. The highest BCUT2D eigenvalue weighted by atomic mass is 16.1. The van der Waals surface area contributed by atoms with E-state index >= 15 is 0 Å². The van der Waals surface area contributed by atoms with Crippen LogP contribution in [-0.4, -0.2) is 24.7 Å². The number of nitrogen functional groups attached to an aromatic ring is 1. The summed E-state index contributed by atoms with van der Waals surface area (Å²) in [5.41, 5.74) is 12.3. The molecule has 3 N–H and O–H groups in total. The first kappa shape index (κ1) is 18.7. The van der Waals surface area contributed by atoms with Gasteiger partial charge in [0.05, 0.1) is 12.3 Å². The number of amides is 1. The molecule has 0 bridgehead atoms. The van der Waals surface area contributed by atoms with Gasteiger partial charge < -0.3 is 11.1 Å². The number of carbonyl (C=O) groups excluding carboxylic acids is 1. The van der Waals surface area contributed by atoms with Crippen molar-refractivity contribution in [2.24, 2.45) is 4.99 Å². The van der Waals surface area contributed by atoms with Gasteiger partial charge in [-0.15, -0.1) is 0 Å². The number of rotatable bonds is 6. The third-order valence-corrected chi connectivity index (χ3v) is 4.97. The fourth-order valence-electron chi connectivity index (χ4n) is 3.49. The van der Waals surface area contributed by atoms with Crippen molar-refractivity contribution in [1.82, 2.24) is 5.32 Å². The van der Waals surface area contributed by atoms with Gasteiger partial charge >= 0.3 is 0 Å². The molecule has 1 heterocycles. The molecular formula is C25H23N3O. The Bertz CT molecular complexity index is 1080. The van der Waals surface area contributed by atoms with Crippen LogP contribution in [0.5, 0.6) is 0 Å². The summed E-state index contributed by atoms with van der Waals surface area (Å²) in [5, 5.41) is 3.02. The first-order valence-electron chi connectivity index (χ1n) is 9.73. The summed E-state index contributed by atoms with van der Waals surface area (Å²) >= 11 is 0. The minimum Gasteiger partial charge on any atom is -0.399 e. The van der Waals surface area contributed by atoms with Crippen molar-refractivity contribution in [3.8, 4) is 0 Å². The highest BCUT2D eigenvalue weighted by Crippen LogP contribution is 2.23. The maximum absolute atomic E-state index is 12.8. The van der Waals surface area contributed by atoms with Gasteiger partial charge in [-0.25, -0.2) is 0 Å². The smallest absolute Gasteiger partial charge is 0.251 e. The molecule has 29 heavy (non-hydrogen) atoms. The molecule has 1 amide bonds. The van der Waals surface area contributed by atoms with Gasteiger partial charge in [-0.3, -0.25) is 9.79 Å². The molecule has 4 rings (SSSR count). The minimum absolute atomic E-state index is 0.0891. The van der Waals surface area contributed by atoms with Crippen molar-refractivity contribution in [3.05, 3.63) is 107 Å². The Balaban J connectivity index is 1.47. The van der Waals surface area contributed by atoms with E-state index in [1.807, 2.05) is 66.7 Å². The zero-order chi connectivity index (χ0) is 20.1. The van der Waals surface area contributed by atoms with Crippen LogP contribution in [0.15, 0.2) is 89.9 Å². The standard InChI is InChI=1S/C25H23N3O/c26-21-10-6-7-18(15-21)13-14-27-25(29)23-12-5-4-11-22(23)24-16-20(17-28-24)19-8-2-1-3-9-19/h1-12,15-16H,13-14,17,26H2,(H,27,29). The zero-order valence-corrected chi connectivity index (χ0v) is 16.1. The summed E-state index contributed by atoms with van der Waals surface area (Å²) in [6.45, 7) is 1.18. The normalized spacial score (nSPS) is 13.0. The van der Waals surface area contributed by atoms with E-state index in [0.29, 0.717) is 18.7 Å². The van der Waals surface area contributed by atoms with Crippen LogP contribution < -0.4 is 11.1 Å². The molecule has 0 spiro atoms. The summed E-state index contributed by atoms with van der Waals surface area (Å²) in [6, 6.07) is 25.6. The molecule has 1 aliphatic rings. The molecule has 0 saturated heterocycles. The Hall–Kier alpha value is -3.66. The lowest BCUT2D eigenvalue weighted by atomic mass is 10.00. The van der Waals surface area contributed by atoms with Crippen molar-refractivity contribution >= 4 is 22.9 Å². The monoisotopic (exact) mass is 381 g/mol. The zero-order valence-electron chi connectivity index (χ0n) is 16.1. The summed E-state index contributed by atoms with van der Waals surface area (Å²) < 4.78 is 0. The van der Waals surface area contributed by atoms with E-state index < -0.39 is 0 Å². The predicted molar refractivity (Wildman–Crippen MR) is 119 cm³/mol. The molecule has 0 aromatic heterocycles. The average molecular weight is 381 g/mol. The Morgan fingerprint density at radius 2 is 1.76 bits per heavy atom. The number of nitrogens with two attached hydrogens (primary N) is 1. The maximum Gasteiger partial charge on any atom is 0.251 e. The van der Waals surface area contributed by atoms with E-state index in [1.54, 1.807) is 0 Å². The number of allylic oxidation sites excluding steroid dienone is 1. The van der Waals surface area contributed by atoms with Crippen LogP contribution in [0.2, 0.25) is 0 Å². The Kier molecular flexibility index (Phi) is 5.52. The maximum atomic E-state index is 12.8. The largest absolute Gasteiger partial charge is 0.399 e. The lowest BCUT2D eigenvalue weighted by molar-refractivity contribution is 0.0954. The van der Waals surface area contributed by atoms with E-state index in [4.69, 9.17) is 5.73 Å². The van der Waals surface area contributed by atoms with Gasteiger partial charge in [0.1, 0.15) is 0 Å². The van der Waals surface area contributed by atoms with Gasteiger partial charge in [-0.1, -0.05) is 60.7 Å². The summed E-state index contributed by atoms with van der Waals surface area (Å²) in [7, 11) is 0. The Labute approximate surface area is 170 Å². The molecule has 0 fully saturated rings. The van der Waals surface area contributed by atoms with Crippen LogP contribution >= 0.6 is 0 Å². The molecule has 3 aromatic carbocycles. The number of hydrogen-bond acceptors (Lipinski definition) is 3. The fourth-order valence-corrected chi connectivity index (χ4v) is 3.49. The van der Waals surface area contributed by atoms with Crippen molar-refractivity contribution in [2.45, 2.75) is 6.42 Å². The minimum atomic E-state index is -0.0891. The second kappa shape index (κ2) is 8.57. The van der Waals surface area contributed by atoms with Crippen molar-refractivity contribution < 1.29 is 4.79 Å². The van der Waals surface area contributed by atoms with Gasteiger partial charge in [0.2, 0.25) is 0 Å². The van der Waals surface area contributed by atoms with Crippen LogP contribution in [-0.2, 0) is 6.42 Å². The molecule has 4 heteroatoms. The van der Waals surface area contributed by atoms with Gasteiger partial charge in [0, 0.05) is 23.4 Å². The Morgan fingerprint density at radius 1 is 0.966 bits per heavy atom. The highest BCUT2D eigenvalue weighted by molar-refractivity contribution is 6.19. The number of nitrogens with one attached hydrogen (secondary N) is 1. The van der Waals surface area contributed by atoms with Crippen LogP contribution in [0.1, 0.15) is 27.0 Å². The summed E-state index contributed by atoms with van der Waals surface area (Å²) in [5.74, 6) is -0.0891. The molecule has 0 saturated carbocycles. The van der Waals surface area contributed by atoms with E-state index in [0.717, 1.165) is 40.1 Å². The van der Waals surface area contributed by atoms with Gasteiger partial charge in [0.25, 0.3) is 5.91 Å². The lowest BCUT2D eigenvalue weighted by Crippen LogP contribution is -2.27. The second-order valence-electron chi connectivity index (χ2n) is 7.03. The molecule has 0 unspecified atom stereocenters. The molecule has 1 aliphatic heterocycles. The molecule has 4 nitrogen and oxygen atoms in total. The summed E-state index contributed by atoms with van der Waals surface area (Å²) in [4.78, 5) is 17.5. The van der Waals surface area contributed by atoms with Crippen LogP contribution in [0, 0.1) is 0 Å². The molecule has 0 aliphatic carbocycles. The number of anilines is 1. The molecule has 3 aromatic rings. The van der Waals surface area contributed by atoms with E-state index in [1.165, 1.54) is 0 Å². The average Bonchev–Trinajstić information content (AvgIpc) is 3.25. The van der Waals surface area contributed by atoms with E-state index in [-0.39, 0.29) is 5.91 Å². The molecule has 0 radical (unpaired) electrons. The van der Waals surface area contributed by atoms with Crippen molar-refractivity contribution in [3.63, 3.8) is 0 Å². The van der Waals surface area contributed by atoms with Crippen LogP contribution in [0.25, 0.3) is 5.57 Å². The number of nitrogens with zero attached hydrogens (tertiary/aromatic N) is 1. The van der Waals surface area contributed by atoms with Crippen LogP contribution in [0.3, 0.4) is 0 Å². The highest BCUT2D eigenvalue weighted by Gasteiger charge is 2.17.